The van der Waals surface area contributed by atoms with Crippen molar-refractivity contribution in [3.63, 3.8) is 0 Å². The van der Waals surface area contributed by atoms with Gasteiger partial charge in [-0.1, -0.05) is 13.8 Å². The van der Waals surface area contributed by atoms with Crippen LogP contribution in [0.3, 0.4) is 0 Å². The molecule has 0 unspecified atom stereocenters. The molecule has 160 valence electrons. The molecular weight excluding hydrogens is 374 g/mol. The van der Waals surface area contributed by atoms with Crippen molar-refractivity contribution in [2.45, 2.75) is 38.8 Å². The van der Waals surface area contributed by atoms with E-state index in [-0.39, 0.29) is 17.7 Å². The van der Waals surface area contributed by atoms with Gasteiger partial charge < -0.3 is 32.3 Å². The molecule has 0 radical (unpaired) electrons. The highest BCUT2D eigenvalue weighted by atomic mass is 16.4. The first-order valence-electron chi connectivity index (χ1n) is 8.37. The van der Waals surface area contributed by atoms with Crippen molar-refractivity contribution >= 4 is 29.8 Å². The molecule has 0 saturated carbocycles. The molecule has 12 heteroatoms. The Labute approximate surface area is 162 Å². The molecule has 28 heavy (non-hydrogen) atoms. The molecule has 0 aromatic rings. The van der Waals surface area contributed by atoms with Crippen LogP contribution < -0.4 is 27.4 Å². The minimum atomic E-state index is -1.03. The van der Waals surface area contributed by atoms with Gasteiger partial charge in [0.15, 0.2) is 0 Å². The number of hydrogen-bond donors (Lipinski definition) is 7. The van der Waals surface area contributed by atoms with E-state index in [1.165, 1.54) is 12.2 Å². The maximum absolute atomic E-state index is 10.3. The molecule has 1 aliphatic rings. The highest BCUT2D eigenvalue weighted by Crippen LogP contribution is 1.99. The number of amides is 4. The van der Waals surface area contributed by atoms with Crippen LogP contribution in [0.1, 0.15) is 26.7 Å². The molecule has 2 atom stereocenters. The minimum absolute atomic E-state index is 0.146. The van der Waals surface area contributed by atoms with Crippen LogP contribution in [0, 0.1) is 5.92 Å². The van der Waals surface area contributed by atoms with Gasteiger partial charge in [-0.25, -0.2) is 4.79 Å². The number of likely N-dealkylation sites (N-methyl/N-ethyl adjacent to an activating group) is 1. The molecule has 0 bridgehead atoms. The van der Waals surface area contributed by atoms with E-state index in [1.54, 1.807) is 7.05 Å². The van der Waals surface area contributed by atoms with E-state index in [4.69, 9.17) is 21.7 Å². The zero-order valence-corrected chi connectivity index (χ0v) is 16.1. The largest absolute Gasteiger partial charge is 0.480 e. The lowest BCUT2D eigenvalue weighted by Gasteiger charge is -2.13. The van der Waals surface area contributed by atoms with E-state index in [0.717, 1.165) is 0 Å². The Balaban J connectivity index is 0. The number of aliphatic carboxylic acids is 2. The fraction of sp³-hybridized carbons (Fsp3) is 0.562. The van der Waals surface area contributed by atoms with E-state index >= 15 is 0 Å². The van der Waals surface area contributed by atoms with Crippen molar-refractivity contribution in [2.24, 2.45) is 17.4 Å². The van der Waals surface area contributed by atoms with Crippen molar-refractivity contribution in [2.75, 3.05) is 13.6 Å². The molecule has 9 N–H and O–H groups in total. The smallest absolute Gasteiger partial charge is 0.320 e. The van der Waals surface area contributed by atoms with Crippen LogP contribution in [0.2, 0.25) is 0 Å². The average molecular weight is 403 g/mol. The highest BCUT2D eigenvalue weighted by Gasteiger charge is 2.17. The summed E-state index contributed by atoms with van der Waals surface area (Å²) in [5.41, 5.74) is 9.96. The number of primary amides is 1. The Morgan fingerprint density at radius 1 is 1.11 bits per heavy atom. The van der Waals surface area contributed by atoms with Gasteiger partial charge in [0, 0.05) is 18.7 Å². The predicted molar refractivity (Wildman–Crippen MR) is 100 cm³/mol. The second-order valence-corrected chi connectivity index (χ2v) is 5.91. The number of carboxylic acids is 2. The van der Waals surface area contributed by atoms with Gasteiger partial charge in [-0.2, -0.15) is 0 Å². The Morgan fingerprint density at radius 2 is 1.61 bits per heavy atom. The molecule has 12 nitrogen and oxygen atoms in total. The lowest BCUT2D eigenvalue weighted by atomic mass is 10.1. The summed E-state index contributed by atoms with van der Waals surface area (Å²) in [4.78, 5) is 50.7. The molecular formula is C16H29N5O7. The molecule has 0 saturated heterocycles. The van der Waals surface area contributed by atoms with Gasteiger partial charge >= 0.3 is 18.0 Å². The van der Waals surface area contributed by atoms with E-state index in [1.807, 2.05) is 19.2 Å². The number of rotatable bonds is 8. The summed E-state index contributed by atoms with van der Waals surface area (Å²) in [6.07, 6.45) is 3.23. The quantitative estimate of drug-likeness (QED) is 0.182. The van der Waals surface area contributed by atoms with Crippen molar-refractivity contribution < 1.29 is 34.2 Å². The fourth-order valence-electron chi connectivity index (χ4n) is 1.76. The van der Waals surface area contributed by atoms with Crippen LogP contribution in [0.5, 0.6) is 0 Å². The molecule has 0 aliphatic carbocycles. The van der Waals surface area contributed by atoms with Crippen LogP contribution in [0.25, 0.3) is 0 Å². The second kappa shape index (κ2) is 15.1. The number of carbonyl (C=O) groups excluding carboxylic acids is 3. The summed E-state index contributed by atoms with van der Waals surface area (Å²) < 4.78 is 0. The molecule has 0 fully saturated rings. The van der Waals surface area contributed by atoms with Crippen LogP contribution in [0.4, 0.5) is 4.79 Å². The molecule has 0 aromatic heterocycles. The Kier molecular flexibility index (Phi) is 14.7. The van der Waals surface area contributed by atoms with E-state index in [2.05, 4.69) is 10.6 Å². The van der Waals surface area contributed by atoms with E-state index in [0.29, 0.717) is 19.4 Å². The monoisotopic (exact) mass is 403 g/mol. The van der Waals surface area contributed by atoms with Crippen molar-refractivity contribution in [3.05, 3.63) is 12.2 Å². The molecule has 1 rings (SSSR count). The SMILES string of the molecule is CN[C@H](C(=O)O)C(C)C.NC(=O)NCCC[C@H](N)C(=O)O.O=C1C=CC(=O)N1. The minimum Gasteiger partial charge on any atom is -0.480 e. The third-order valence-corrected chi connectivity index (χ3v) is 3.18. The normalized spacial score (nSPS) is 14.0. The summed E-state index contributed by atoms with van der Waals surface area (Å²) in [5.74, 6) is -2.33. The predicted octanol–water partition coefficient (Wildman–Crippen LogP) is -1.64. The molecule has 1 aliphatic heterocycles. The van der Waals surface area contributed by atoms with Crippen molar-refractivity contribution in [3.8, 4) is 0 Å². The van der Waals surface area contributed by atoms with Crippen LogP contribution in [-0.4, -0.2) is 65.7 Å². The third kappa shape index (κ3) is 15.3. The van der Waals surface area contributed by atoms with Gasteiger partial charge in [0.2, 0.25) is 0 Å². The molecule has 0 aromatic carbocycles. The van der Waals surface area contributed by atoms with Crippen molar-refractivity contribution in [1.29, 1.82) is 0 Å². The van der Waals surface area contributed by atoms with Gasteiger partial charge in [0.25, 0.3) is 11.8 Å². The maximum Gasteiger partial charge on any atom is 0.320 e. The molecule has 0 spiro atoms. The summed E-state index contributed by atoms with van der Waals surface area (Å²) in [5, 5.41) is 23.9. The topological polar surface area (TPSA) is 214 Å². The molecule has 4 amide bonds. The van der Waals surface area contributed by atoms with Gasteiger partial charge in [-0.15, -0.1) is 0 Å². The van der Waals surface area contributed by atoms with Crippen molar-refractivity contribution in [1.82, 2.24) is 16.0 Å². The second-order valence-electron chi connectivity index (χ2n) is 5.91. The third-order valence-electron chi connectivity index (χ3n) is 3.18. The van der Waals surface area contributed by atoms with Crippen LogP contribution in [-0.2, 0) is 19.2 Å². The summed E-state index contributed by atoms with van der Waals surface area (Å²) >= 11 is 0. The van der Waals surface area contributed by atoms with Gasteiger partial charge in [0.1, 0.15) is 12.1 Å². The average Bonchev–Trinajstić information content (AvgIpc) is 2.95. The lowest BCUT2D eigenvalue weighted by molar-refractivity contribution is -0.140. The lowest BCUT2D eigenvalue weighted by Crippen LogP contribution is -2.38. The number of carbonyl (C=O) groups is 5. The Morgan fingerprint density at radius 3 is 1.82 bits per heavy atom. The first-order chi connectivity index (χ1) is 12.9. The maximum atomic E-state index is 10.3. The first kappa shape index (κ1) is 27.2. The number of hydrogen-bond acceptors (Lipinski definition) is 7. The van der Waals surface area contributed by atoms with E-state index < -0.39 is 30.1 Å². The van der Waals surface area contributed by atoms with Gasteiger partial charge in [-0.3, -0.25) is 24.5 Å². The zero-order chi connectivity index (χ0) is 22.3. The number of imide groups is 1. The van der Waals surface area contributed by atoms with Gasteiger partial charge in [0.05, 0.1) is 0 Å². The number of nitrogens with two attached hydrogens (primary N) is 2. The summed E-state index contributed by atoms with van der Waals surface area (Å²) in [6.45, 7) is 4.10. The summed E-state index contributed by atoms with van der Waals surface area (Å²) in [6, 6.07) is -1.89. The Bertz CT molecular complexity index is 562. The fourth-order valence-corrected chi connectivity index (χ4v) is 1.76. The van der Waals surface area contributed by atoms with Gasteiger partial charge in [-0.05, 0) is 25.8 Å². The van der Waals surface area contributed by atoms with Crippen LogP contribution >= 0.6 is 0 Å². The zero-order valence-electron chi connectivity index (χ0n) is 16.1. The number of carboxylic acid groups (broad SMARTS) is 2. The Hall–Kier alpha value is -2.99. The first-order valence-corrected chi connectivity index (χ1v) is 8.37. The number of nitrogens with one attached hydrogen (secondary N) is 3. The number of urea groups is 1. The standard InChI is InChI=1S/C6H13N3O3.C6H13NO2.C4H3NO2/c7-4(5(10)11)2-1-3-9-6(8)12;1-4(2)5(7-3)6(8)9;6-3-1-2-4(7)5-3/h4H,1-3,7H2,(H,10,11)(H3,8,9,12);4-5,7H,1-3H3,(H,8,9);1-2H,(H,5,6,7)/t4-;5-;/m00./s1. The van der Waals surface area contributed by atoms with E-state index in [9.17, 15) is 24.0 Å². The molecule has 1 heterocycles. The summed E-state index contributed by atoms with van der Waals surface area (Å²) in [7, 11) is 1.65. The highest BCUT2D eigenvalue weighted by molar-refractivity contribution is 6.12. The van der Waals surface area contributed by atoms with Crippen LogP contribution in [0.15, 0.2) is 12.2 Å².